The first-order valence-electron chi connectivity index (χ1n) is 6.75. The molecule has 2 unspecified atom stereocenters. The Hall–Kier alpha value is -1.02. The van der Waals surface area contributed by atoms with Crippen LogP contribution in [0.5, 0.6) is 5.75 Å². The first-order chi connectivity index (χ1) is 8.34. The minimum atomic E-state index is -0.452. The average molecular weight is 250 g/mol. The van der Waals surface area contributed by atoms with Crippen LogP contribution in [-0.2, 0) is 0 Å². The Balaban J connectivity index is 2.54. The van der Waals surface area contributed by atoms with E-state index < -0.39 is 6.10 Å². The van der Waals surface area contributed by atoms with Crippen LogP contribution in [0.4, 0.5) is 0 Å². The third-order valence-corrected chi connectivity index (χ3v) is 3.47. The van der Waals surface area contributed by atoms with Gasteiger partial charge in [-0.1, -0.05) is 46.8 Å². The summed E-state index contributed by atoms with van der Waals surface area (Å²) in [5.41, 5.74) is 1.19. The molecule has 0 amide bonds. The van der Waals surface area contributed by atoms with Crippen molar-refractivity contribution in [3.05, 3.63) is 29.8 Å². The monoisotopic (exact) mass is 250 g/mol. The molecule has 102 valence electrons. The van der Waals surface area contributed by atoms with Crippen molar-refractivity contribution in [1.29, 1.82) is 0 Å². The van der Waals surface area contributed by atoms with E-state index in [1.54, 1.807) is 0 Å². The Morgan fingerprint density at radius 2 is 1.72 bits per heavy atom. The van der Waals surface area contributed by atoms with Crippen LogP contribution in [0.15, 0.2) is 24.3 Å². The van der Waals surface area contributed by atoms with Crippen molar-refractivity contribution in [2.75, 3.05) is 6.61 Å². The highest BCUT2D eigenvalue weighted by molar-refractivity contribution is 5.29. The summed E-state index contributed by atoms with van der Waals surface area (Å²) in [5, 5.41) is 9.90. The minimum Gasteiger partial charge on any atom is -0.491 e. The highest BCUT2D eigenvalue weighted by atomic mass is 16.5. The second-order valence-corrected chi connectivity index (χ2v) is 6.07. The third-order valence-electron chi connectivity index (χ3n) is 3.47. The topological polar surface area (TPSA) is 29.5 Å². The van der Waals surface area contributed by atoms with Crippen molar-refractivity contribution in [2.24, 2.45) is 5.41 Å². The maximum Gasteiger partial charge on any atom is 0.119 e. The molecular weight excluding hydrogens is 224 g/mol. The minimum absolute atomic E-state index is 0.142. The van der Waals surface area contributed by atoms with Gasteiger partial charge in [-0.3, -0.25) is 0 Å². The molecular formula is C16H26O2. The van der Waals surface area contributed by atoms with Gasteiger partial charge in [0.15, 0.2) is 0 Å². The second-order valence-electron chi connectivity index (χ2n) is 6.07. The van der Waals surface area contributed by atoms with Crippen LogP contribution < -0.4 is 4.74 Å². The van der Waals surface area contributed by atoms with Crippen LogP contribution in [0.25, 0.3) is 0 Å². The molecule has 0 saturated heterocycles. The van der Waals surface area contributed by atoms with Crippen molar-refractivity contribution in [1.82, 2.24) is 0 Å². The van der Waals surface area contributed by atoms with Crippen LogP contribution >= 0.6 is 0 Å². The summed E-state index contributed by atoms with van der Waals surface area (Å²) in [4.78, 5) is 0. The average Bonchev–Trinajstić information content (AvgIpc) is 2.34. The lowest BCUT2D eigenvalue weighted by atomic mass is 9.90. The quantitative estimate of drug-likeness (QED) is 0.856. The van der Waals surface area contributed by atoms with Crippen LogP contribution in [-0.4, -0.2) is 17.8 Å². The number of hydrogen-bond acceptors (Lipinski definition) is 2. The summed E-state index contributed by atoms with van der Waals surface area (Å²) in [6.07, 6.45) is 0.690. The Labute approximate surface area is 111 Å². The van der Waals surface area contributed by atoms with E-state index in [0.717, 1.165) is 12.2 Å². The second kappa shape index (κ2) is 6.24. The number of benzene rings is 1. The summed E-state index contributed by atoms with van der Waals surface area (Å²) in [5.74, 6) is 1.41. The van der Waals surface area contributed by atoms with Gasteiger partial charge in [0, 0.05) is 0 Å². The fraction of sp³-hybridized carbons (Fsp3) is 0.625. The van der Waals surface area contributed by atoms with Gasteiger partial charge >= 0.3 is 0 Å². The van der Waals surface area contributed by atoms with Gasteiger partial charge in [0.1, 0.15) is 12.4 Å². The summed E-state index contributed by atoms with van der Waals surface area (Å²) in [6, 6.07) is 8.17. The van der Waals surface area contributed by atoms with Crippen LogP contribution in [0.1, 0.15) is 52.5 Å². The molecule has 0 aliphatic heterocycles. The number of ether oxygens (including phenoxy) is 1. The lowest BCUT2D eigenvalue weighted by molar-refractivity contribution is 0.0218. The zero-order chi connectivity index (χ0) is 13.8. The maximum absolute atomic E-state index is 9.90. The van der Waals surface area contributed by atoms with Gasteiger partial charge < -0.3 is 9.84 Å². The molecule has 0 saturated carbocycles. The van der Waals surface area contributed by atoms with Gasteiger partial charge in [0.25, 0.3) is 0 Å². The zero-order valence-electron chi connectivity index (χ0n) is 12.2. The van der Waals surface area contributed by atoms with Gasteiger partial charge in [-0.25, -0.2) is 0 Å². The van der Waals surface area contributed by atoms with E-state index in [0.29, 0.717) is 12.5 Å². The van der Waals surface area contributed by atoms with Gasteiger partial charge in [0.05, 0.1) is 6.10 Å². The highest BCUT2D eigenvalue weighted by Gasteiger charge is 2.22. The van der Waals surface area contributed by atoms with Crippen molar-refractivity contribution in [3.8, 4) is 5.75 Å². The van der Waals surface area contributed by atoms with E-state index in [9.17, 15) is 5.11 Å². The molecule has 0 heterocycles. The Kier molecular flexibility index (Phi) is 5.21. The van der Waals surface area contributed by atoms with Crippen LogP contribution in [0.2, 0.25) is 0 Å². The molecule has 0 spiro atoms. The van der Waals surface area contributed by atoms with Crippen LogP contribution in [0.3, 0.4) is 0 Å². The largest absolute Gasteiger partial charge is 0.491 e. The maximum atomic E-state index is 9.90. The van der Waals surface area contributed by atoms with Gasteiger partial charge in [-0.05, 0) is 35.4 Å². The molecule has 0 radical (unpaired) electrons. The highest BCUT2D eigenvalue weighted by Crippen LogP contribution is 2.23. The molecule has 1 N–H and O–H groups in total. The molecule has 0 fully saturated rings. The van der Waals surface area contributed by atoms with E-state index in [4.69, 9.17) is 4.74 Å². The van der Waals surface area contributed by atoms with Crippen molar-refractivity contribution < 1.29 is 9.84 Å². The summed E-state index contributed by atoms with van der Waals surface area (Å²) < 4.78 is 5.61. The molecule has 2 nitrogen and oxygen atoms in total. The van der Waals surface area contributed by atoms with Crippen LogP contribution in [0, 0.1) is 5.41 Å². The van der Waals surface area contributed by atoms with Crippen molar-refractivity contribution in [2.45, 2.75) is 53.1 Å². The molecule has 0 aliphatic rings. The molecule has 1 rings (SSSR count). The molecule has 1 aromatic rings. The molecule has 2 heteroatoms. The molecule has 0 bridgehead atoms. The van der Waals surface area contributed by atoms with Gasteiger partial charge in [-0.2, -0.15) is 0 Å². The predicted molar refractivity (Wildman–Crippen MR) is 76.1 cm³/mol. The number of rotatable bonds is 5. The van der Waals surface area contributed by atoms with Gasteiger partial charge in [-0.15, -0.1) is 0 Å². The lowest BCUT2D eigenvalue weighted by Gasteiger charge is -2.25. The van der Waals surface area contributed by atoms with E-state index in [1.165, 1.54) is 5.56 Å². The standard InChI is InChI=1S/C16H26O2/c1-6-12(2)13-7-9-14(10-8-13)18-11-15(17)16(3,4)5/h7-10,12,15,17H,6,11H2,1-5H3. The zero-order valence-corrected chi connectivity index (χ0v) is 12.2. The van der Waals surface area contributed by atoms with Crippen molar-refractivity contribution >= 4 is 0 Å². The lowest BCUT2D eigenvalue weighted by Crippen LogP contribution is -2.31. The Morgan fingerprint density at radius 3 is 2.17 bits per heavy atom. The summed E-state index contributed by atoms with van der Waals surface area (Å²) in [7, 11) is 0. The number of hydrogen-bond donors (Lipinski definition) is 1. The normalized spacial score (nSPS) is 15.2. The first kappa shape index (κ1) is 15.0. The van der Waals surface area contributed by atoms with E-state index in [1.807, 2.05) is 32.9 Å². The molecule has 0 aliphatic carbocycles. The van der Waals surface area contributed by atoms with E-state index in [2.05, 4.69) is 26.0 Å². The molecule has 2 atom stereocenters. The summed E-state index contributed by atoms with van der Waals surface area (Å²) in [6.45, 7) is 10.8. The van der Waals surface area contributed by atoms with Gasteiger partial charge in [0.2, 0.25) is 0 Å². The van der Waals surface area contributed by atoms with E-state index >= 15 is 0 Å². The third kappa shape index (κ3) is 4.34. The fourth-order valence-corrected chi connectivity index (χ4v) is 1.55. The summed E-state index contributed by atoms with van der Waals surface area (Å²) >= 11 is 0. The molecule has 1 aromatic carbocycles. The molecule has 0 aromatic heterocycles. The molecule has 18 heavy (non-hydrogen) atoms. The Morgan fingerprint density at radius 1 is 1.17 bits per heavy atom. The van der Waals surface area contributed by atoms with Crippen molar-refractivity contribution in [3.63, 3.8) is 0 Å². The predicted octanol–water partition coefficient (Wildman–Crippen LogP) is 3.99. The smallest absolute Gasteiger partial charge is 0.119 e. The van der Waals surface area contributed by atoms with E-state index in [-0.39, 0.29) is 5.41 Å². The Bertz CT molecular complexity index is 348. The SMILES string of the molecule is CCC(C)c1ccc(OCC(O)C(C)(C)C)cc1. The fourth-order valence-electron chi connectivity index (χ4n) is 1.55. The first-order valence-corrected chi connectivity index (χ1v) is 6.75. The number of aliphatic hydroxyl groups excluding tert-OH is 1. The number of aliphatic hydroxyl groups is 1.